The maximum atomic E-state index is 6.08. The first-order chi connectivity index (χ1) is 8.55. The van der Waals surface area contributed by atoms with Crippen LogP contribution in [0.15, 0.2) is 4.52 Å². The van der Waals surface area contributed by atoms with Gasteiger partial charge in [0.25, 0.3) is 0 Å². The van der Waals surface area contributed by atoms with E-state index in [0.29, 0.717) is 23.7 Å². The number of hydrogen-bond acceptors (Lipinski definition) is 5. The molecule has 2 rings (SSSR count). The Labute approximate surface area is 108 Å². The van der Waals surface area contributed by atoms with Gasteiger partial charge in [-0.15, -0.1) is 0 Å². The average molecular weight is 253 g/mol. The number of aromatic nitrogens is 2. The molecule has 0 aliphatic heterocycles. The number of ether oxygens (including phenoxy) is 1. The third-order valence-corrected chi connectivity index (χ3v) is 3.77. The van der Waals surface area contributed by atoms with E-state index in [0.717, 1.165) is 32.3 Å². The minimum Gasteiger partial charge on any atom is -0.378 e. The van der Waals surface area contributed by atoms with Crippen molar-refractivity contribution >= 4 is 0 Å². The van der Waals surface area contributed by atoms with Gasteiger partial charge in [-0.1, -0.05) is 12.1 Å². The minimum absolute atomic E-state index is 0.429. The van der Waals surface area contributed by atoms with Crippen molar-refractivity contribution in [2.24, 2.45) is 11.7 Å². The van der Waals surface area contributed by atoms with Gasteiger partial charge in [0.2, 0.25) is 5.89 Å². The Bertz CT molecular complexity index is 383. The van der Waals surface area contributed by atoms with E-state index in [-0.39, 0.29) is 0 Å². The molecule has 0 saturated heterocycles. The molecule has 1 atom stereocenters. The van der Waals surface area contributed by atoms with Crippen molar-refractivity contribution < 1.29 is 9.26 Å². The highest BCUT2D eigenvalue weighted by atomic mass is 16.5. The molecule has 1 saturated carbocycles. The second kappa shape index (κ2) is 5.36. The van der Waals surface area contributed by atoms with E-state index >= 15 is 0 Å². The summed E-state index contributed by atoms with van der Waals surface area (Å²) >= 11 is 0. The predicted molar refractivity (Wildman–Crippen MR) is 68.0 cm³/mol. The van der Waals surface area contributed by atoms with Gasteiger partial charge in [-0.05, 0) is 39.0 Å². The van der Waals surface area contributed by atoms with E-state index < -0.39 is 5.54 Å². The largest absolute Gasteiger partial charge is 0.378 e. The van der Waals surface area contributed by atoms with E-state index in [1.807, 2.05) is 20.8 Å². The lowest BCUT2D eigenvalue weighted by atomic mass is 9.80. The molecular formula is C13H23N3O2. The topological polar surface area (TPSA) is 74.2 Å². The number of nitrogens with zero attached hydrogens (tertiary/aromatic N) is 2. The highest BCUT2D eigenvalue weighted by Gasteiger charge is 2.32. The normalized spacial score (nSPS) is 26.7. The van der Waals surface area contributed by atoms with Crippen LogP contribution in [0.25, 0.3) is 0 Å². The van der Waals surface area contributed by atoms with Gasteiger partial charge in [-0.25, -0.2) is 0 Å². The first kappa shape index (κ1) is 13.5. The Morgan fingerprint density at radius 3 is 2.78 bits per heavy atom. The Morgan fingerprint density at radius 1 is 1.44 bits per heavy atom. The maximum absolute atomic E-state index is 6.08. The summed E-state index contributed by atoms with van der Waals surface area (Å²) in [6, 6.07) is 0. The quantitative estimate of drug-likeness (QED) is 0.839. The summed E-state index contributed by atoms with van der Waals surface area (Å²) in [5, 5.41) is 3.98. The van der Waals surface area contributed by atoms with Gasteiger partial charge in [0.1, 0.15) is 0 Å². The summed E-state index contributed by atoms with van der Waals surface area (Å²) in [6.07, 6.45) is 4.26. The van der Waals surface area contributed by atoms with Gasteiger partial charge in [0.15, 0.2) is 5.82 Å². The third-order valence-electron chi connectivity index (χ3n) is 3.77. The van der Waals surface area contributed by atoms with Crippen molar-refractivity contribution in [2.75, 3.05) is 6.61 Å². The van der Waals surface area contributed by atoms with Crippen LogP contribution in [-0.4, -0.2) is 22.9 Å². The fraction of sp³-hybridized carbons (Fsp3) is 0.846. The van der Waals surface area contributed by atoms with Crippen LogP contribution in [0.3, 0.4) is 0 Å². The Kier molecular flexibility index (Phi) is 4.02. The highest BCUT2D eigenvalue weighted by Crippen LogP contribution is 2.32. The molecule has 1 aromatic heterocycles. The fourth-order valence-corrected chi connectivity index (χ4v) is 2.19. The molecule has 0 spiro atoms. The molecule has 102 valence electrons. The van der Waals surface area contributed by atoms with Gasteiger partial charge < -0.3 is 15.0 Å². The van der Waals surface area contributed by atoms with Crippen molar-refractivity contribution in [3.63, 3.8) is 0 Å². The molecule has 1 heterocycles. The summed E-state index contributed by atoms with van der Waals surface area (Å²) in [6.45, 7) is 6.78. The molecule has 1 unspecified atom stereocenters. The smallest absolute Gasteiger partial charge is 0.226 e. The minimum atomic E-state index is -0.491. The Balaban J connectivity index is 1.85. The average Bonchev–Trinajstić information content (AvgIpc) is 2.75. The lowest BCUT2D eigenvalue weighted by Gasteiger charge is -2.33. The Morgan fingerprint density at radius 2 is 2.17 bits per heavy atom. The molecule has 1 aliphatic rings. The summed E-state index contributed by atoms with van der Waals surface area (Å²) in [7, 11) is 0. The highest BCUT2D eigenvalue weighted by molar-refractivity contribution is 5.02. The van der Waals surface area contributed by atoms with Crippen LogP contribution in [-0.2, 0) is 16.7 Å². The molecule has 18 heavy (non-hydrogen) atoms. The summed E-state index contributed by atoms with van der Waals surface area (Å²) in [5.41, 5.74) is 5.59. The van der Waals surface area contributed by atoms with Crippen molar-refractivity contribution in [2.45, 2.75) is 58.1 Å². The summed E-state index contributed by atoms with van der Waals surface area (Å²) in [5.74, 6) is 1.93. The van der Waals surface area contributed by atoms with Gasteiger partial charge in [-0.2, -0.15) is 4.98 Å². The lowest BCUT2D eigenvalue weighted by molar-refractivity contribution is -0.0258. The second-order valence-electron chi connectivity index (χ2n) is 5.40. The predicted octanol–water partition coefficient (Wildman–Crippen LogP) is 2.01. The fourth-order valence-electron chi connectivity index (χ4n) is 2.19. The van der Waals surface area contributed by atoms with Gasteiger partial charge >= 0.3 is 0 Å². The standard InChI is InChI=1S/C13H23N3O2/c1-4-13(3,14)12-15-11(18-16-12)8-9-6-10(7-9)17-5-2/h9-10H,4-8,14H2,1-3H3. The molecule has 1 aliphatic carbocycles. The number of nitrogens with two attached hydrogens (primary N) is 1. The van der Waals surface area contributed by atoms with Gasteiger partial charge in [0, 0.05) is 13.0 Å². The van der Waals surface area contributed by atoms with E-state index in [1.165, 1.54) is 0 Å². The molecule has 0 amide bonds. The zero-order valence-electron chi connectivity index (χ0n) is 11.5. The Hall–Kier alpha value is -0.940. The van der Waals surface area contributed by atoms with Crippen molar-refractivity contribution in [1.82, 2.24) is 10.1 Å². The van der Waals surface area contributed by atoms with Crippen LogP contribution in [0, 0.1) is 5.92 Å². The first-order valence-corrected chi connectivity index (χ1v) is 6.78. The van der Waals surface area contributed by atoms with Crippen molar-refractivity contribution in [3.8, 4) is 0 Å². The van der Waals surface area contributed by atoms with Gasteiger partial charge in [-0.3, -0.25) is 0 Å². The number of hydrogen-bond donors (Lipinski definition) is 1. The van der Waals surface area contributed by atoms with Crippen LogP contribution < -0.4 is 5.73 Å². The van der Waals surface area contributed by atoms with Crippen LogP contribution in [0.1, 0.15) is 51.7 Å². The van der Waals surface area contributed by atoms with Crippen LogP contribution in [0.4, 0.5) is 0 Å². The summed E-state index contributed by atoms with van der Waals surface area (Å²) in [4.78, 5) is 4.40. The van der Waals surface area contributed by atoms with Crippen molar-refractivity contribution in [3.05, 3.63) is 11.7 Å². The second-order valence-corrected chi connectivity index (χ2v) is 5.40. The van der Waals surface area contributed by atoms with E-state index in [1.54, 1.807) is 0 Å². The molecule has 0 bridgehead atoms. The lowest BCUT2D eigenvalue weighted by Crippen LogP contribution is -2.34. The van der Waals surface area contributed by atoms with E-state index in [4.69, 9.17) is 15.0 Å². The molecule has 5 heteroatoms. The maximum Gasteiger partial charge on any atom is 0.226 e. The van der Waals surface area contributed by atoms with Crippen LogP contribution in [0.5, 0.6) is 0 Å². The van der Waals surface area contributed by atoms with E-state index in [2.05, 4.69) is 10.1 Å². The molecule has 0 radical (unpaired) electrons. The van der Waals surface area contributed by atoms with Crippen molar-refractivity contribution in [1.29, 1.82) is 0 Å². The molecule has 1 fully saturated rings. The summed E-state index contributed by atoms with van der Waals surface area (Å²) < 4.78 is 10.8. The van der Waals surface area contributed by atoms with Crippen LogP contribution >= 0.6 is 0 Å². The zero-order valence-corrected chi connectivity index (χ0v) is 11.5. The molecule has 2 N–H and O–H groups in total. The third kappa shape index (κ3) is 2.90. The molecule has 1 aromatic rings. The number of rotatable bonds is 6. The zero-order chi connectivity index (χ0) is 13.2. The first-order valence-electron chi connectivity index (χ1n) is 6.78. The molecular weight excluding hydrogens is 230 g/mol. The SMILES string of the molecule is CCOC1CC(Cc2nc(C(C)(N)CC)no2)C1. The van der Waals surface area contributed by atoms with Crippen LogP contribution in [0.2, 0.25) is 0 Å². The van der Waals surface area contributed by atoms with E-state index in [9.17, 15) is 0 Å². The van der Waals surface area contributed by atoms with Gasteiger partial charge in [0.05, 0.1) is 11.6 Å². The molecule has 0 aromatic carbocycles. The monoisotopic (exact) mass is 253 g/mol. The molecule has 5 nitrogen and oxygen atoms in total.